The zero-order valence-corrected chi connectivity index (χ0v) is 40.3. The van der Waals surface area contributed by atoms with Crippen LogP contribution in [0.1, 0.15) is 201 Å². The van der Waals surface area contributed by atoms with Gasteiger partial charge >= 0.3 is 17.9 Å². The highest BCUT2D eigenvalue weighted by atomic mass is 16.6. The molecule has 0 aliphatic heterocycles. The second-order valence-corrected chi connectivity index (χ2v) is 16.0. The Kier molecular flexibility index (Phi) is 47.1. The number of unbranched alkanes of at least 4 members (excludes halogenated alkanes) is 12. The van der Waals surface area contributed by atoms with E-state index in [-0.39, 0.29) is 44.0 Å². The van der Waals surface area contributed by atoms with Gasteiger partial charge in [0.1, 0.15) is 13.2 Å². The van der Waals surface area contributed by atoms with Gasteiger partial charge < -0.3 is 14.2 Å². The van der Waals surface area contributed by atoms with E-state index in [4.69, 9.17) is 14.2 Å². The van der Waals surface area contributed by atoms with Crippen molar-refractivity contribution >= 4 is 17.9 Å². The van der Waals surface area contributed by atoms with Crippen LogP contribution >= 0.6 is 0 Å². The second-order valence-electron chi connectivity index (χ2n) is 16.0. The molecule has 0 bridgehead atoms. The standard InChI is InChI=1S/C57H90O6/c1-4-7-10-13-16-19-22-25-27-29-31-32-35-38-41-44-47-50-56(59)62-53-54(52-61-55(58)49-46-43-40-37-34-24-21-18-15-12-9-6-3)63-57(60)51-48-45-42-39-36-33-30-28-26-23-20-17-14-11-8-5-2/h8-9,11-12,16-21,25-28,31-33,36,38,41,54H,4-7,10,13-15,22-24,29-30,34-35,37,39-40,42-53H2,1-3H3/b11-8-,12-9-,19-16-,20-17-,21-18-,27-25-,28-26-,32-31-,36-33-,41-38-. The van der Waals surface area contributed by atoms with Gasteiger partial charge in [0.25, 0.3) is 0 Å². The lowest BCUT2D eigenvalue weighted by atomic mass is 10.1. The van der Waals surface area contributed by atoms with Gasteiger partial charge in [-0.05, 0) is 122 Å². The van der Waals surface area contributed by atoms with Gasteiger partial charge in [0.15, 0.2) is 6.10 Å². The van der Waals surface area contributed by atoms with Crippen molar-refractivity contribution in [3.05, 3.63) is 122 Å². The average molecular weight is 871 g/mol. The van der Waals surface area contributed by atoms with Crippen LogP contribution in [0.5, 0.6) is 0 Å². The van der Waals surface area contributed by atoms with Gasteiger partial charge in [0.2, 0.25) is 0 Å². The summed E-state index contributed by atoms with van der Waals surface area (Å²) >= 11 is 0. The Morgan fingerprint density at radius 3 is 1.05 bits per heavy atom. The first kappa shape index (κ1) is 58.8. The third-order valence-electron chi connectivity index (χ3n) is 9.93. The minimum Gasteiger partial charge on any atom is -0.462 e. The summed E-state index contributed by atoms with van der Waals surface area (Å²) in [7, 11) is 0. The molecule has 354 valence electrons. The molecule has 1 unspecified atom stereocenters. The Bertz CT molecular complexity index is 1370. The summed E-state index contributed by atoms with van der Waals surface area (Å²) in [5.74, 6) is -1.03. The van der Waals surface area contributed by atoms with Crippen molar-refractivity contribution in [1.82, 2.24) is 0 Å². The van der Waals surface area contributed by atoms with Crippen LogP contribution in [0.4, 0.5) is 0 Å². The molecule has 0 aliphatic carbocycles. The van der Waals surface area contributed by atoms with Gasteiger partial charge in [-0.1, -0.05) is 181 Å². The minimum atomic E-state index is -0.825. The molecule has 0 saturated heterocycles. The number of rotatable bonds is 43. The van der Waals surface area contributed by atoms with E-state index < -0.39 is 6.10 Å². The van der Waals surface area contributed by atoms with Crippen molar-refractivity contribution in [1.29, 1.82) is 0 Å². The molecule has 63 heavy (non-hydrogen) atoms. The van der Waals surface area contributed by atoms with Crippen molar-refractivity contribution in [2.45, 2.75) is 207 Å². The third kappa shape index (κ3) is 48.7. The van der Waals surface area contributed by atoms with Crippen LogP contribution in [0.2, 0.25) is 0 Å². The van der Waals surface area contributed by atoms with Gasteiger partial charge in [0, 0.05) is 19.3 Å². The van der Waals surface area contributed by atoms with Crippen LogP contribution in [0.25, 0.3) is 0 Å². The van der Waals surface area contributed by atoms with Gasteiger partial charge in [-0.15, -0.1) is 0 Å². The molecular weight excluding hydrogens is 781 g/mol. The molecular formula is C57H90O6. The van der Waals surface area contributed by atoms with Gasteiger partial charge in [0.05, 0.1) is 0 Å². The van der Waals surface area contributed by atoms with E-state index in [1.54, 1.807) is 0 Å². The molecule has 0 aliphatic rings. The van der Waals surface area contributed by atoms with Crippen molar-refractivity contribution in [3.63, 3.8) is 0 Å². The van der Waals surface area contributed by atoms with Gasteiger partial charge in [-0.25, -0.2) is 0 Å². The quantitative estimate of drug-likeness (QED) is 0.0263. The molecule has 0 rings (SSSR count). The monoisotopic (exact) mass is 871 g/mol. The lowest BCUT2D eigenvalue weighted by Gasteiger charge is -2.18. The van der Waals surface area contributed by atoms with E-state index in [0.29, 0.717) is 19.3 Å². The number of hydrogen-bond donors (Lipinski definition) is 0. The van der Waals surface area contributed by atoms with Gasteiger partial charge in [-0.3, -0.25) is 14.4 Å². The molecule has 0 fully saturated rings. The van der Waals surface area contributed by atoms with Crippen molar-refractivity contribution < 1.29 is 28.6 Å². The molecule has 0 amide bonds. The molecule has 0 aromatic carbocycles. The number of hydrogen-bond acceptors (Lipinski definition) is 6. The molecule has 6 heteroatoms. The molecule has 0 heterocycles. The number of carbonyl (C=O) groups excluding carboxylic acids is 3. The van der Waals surface area contributed by atoms with Crippen LogP contribution < -0.4 is 0 Å². The van der Waals surface area contributed by atoms with Crippen LogP contribution in [0, 0.1) is 0 Å². The molecule has 1 atom stereocenters. The summed E-state index contributed by atoms with van der Waals surface area (Å²) in [6.45, 7) is 6.27. The predicted octanol–water partition coefficient (Wildman–Crippen LogP) is 16.5. The smallest absolute Gasteiger partial charge is 0.306 e. The highest BCUT2D eigenvalue weighted by Crippen LogP contribution is 2.11. The van der Waals surface area contributed by atoms with Crippen molar-refractivity contribution in [2.75, 3.05) is 13.2 Å². The Hall–Kier alpha value is -4.19. The van der Waals surface area contributed by atoms with E-state index in [1.807, 2.05) is 0 Å². The Morgan fingerprint density at radius 2 is 0.635 bits per heavy atom. The second kappa shape index (κ2) is 50.5. The summed E-state index contributed by atoms with van der Waals surface area (Å²) in [4.78, 5) is 37.9. The van der Waals surface area contributed by atoms with E-state index in [1.165, 1.54) is 25.7 Å². The average Bonchev–Trinajstić information content (AvgIpc) is 3.28. The minimum absolute atomic E-state index is 0.119. The number of ether oxygens (including phenoxy) is 3. The maximum absolute atomic E-state index is 12.8. The highest BCUT2D eigenvalue weighted by Gasteiger charge is 2.19. The first-order valence-electron chi connectivity index (χ1n) is 25.0. The van der Waals surface area contributed by atoms with E-state index in [2.05, 4.69) is 142 Å². The van der Waals surface area contributed by atoms with Crippen molar-refractivity contribution in [3.8, 4) is 0 Å². The van der Waals surface area contributed by atoms with E-state index >= 15 is 0 Å². The topological polar surface area (TPSA) is 78.9 Å². The molecule has 0 spiro atoms. The summed E-state index contributed by atoms with van der Waals surface area (Å²) in [5.41, 5.74) is 0. The van der Waals surface area contributed by atoms with Crippen LogP contribution in [0.15, 0.2) is 122 Å². The highest BCUT2D eigenvalue weighted by molar-refractivity contribution is 5.71. The number of allylic oxidation sites excluding steroid dienone is 20. The van der Waals surface area contributed by atoms with Gasteiger partial charge in [-0.2, -0.15) is 0 Å². The Morgan fingerprint density at radius 1 is 0.333 bits per heavy atom. The first-order valence-corrected chi connectivity index (χ1v) is 25.0. The lowest BCUT2D eigenvalue weighted by Crippen LogP contribution is -2.30. The molecule has 0 N–H and O–H groups in total. The first-order chi connectivity index (χ1) is 31.0. The maximum Gasteiger partial charge on any atom is 0.306 e. The summed E-state index contributed by atoms with van der Waals surface area (Å²) in [6.07, 6.45) is 69.0. The van der Waals surface area contributed by atoms with E-state index in [0.717, 1.165) is 122 Å². The SMILES string of the molecule is CC/C=C\C/C=C\C/C=C\C/C=C\CCCCCC(=O)OC(COC(=O)CCC/C=C\C/C=C\C/C=C\C/C=C\CCCCC)COC(=O)CCCCCCC/C=C\C/C=C\CC. The van der Waals surface area contributed by atoms with E-state index in [9.17, 15) is 14.4 Å². The van der Waals surface area contributed by atoms with Crippen LogP contribution in [0.3, 0.4) is 0 Å². The normalized spacial score (nSPS) is 13.1. The lowest BCUT2D eigenvalue weighted by molar-refractivity contribution is -0.167. The summed E-state index contributed by atoms with van der Waals surface area (Å²) in [5, 5.41) is 0. The fourth-order valence-corrected chi connectivity index (χ4v) is 6.23. The summed E-state index contributed by atoms with van der Waals surface area (Å²) in [6, 6.07) is 0. The zero-order chi connectivity index (χ0) is 45.8. The summed E-state index contributed by atoms with van der Waals surface area (Å²) < 4.78 is 16.7. The van der Waals surface area contributed by atoms with Crippen molar-refractivity contribution in [2.24, 2.45) is 0 Å². The molecule has 0 radical (unpaired) electrons. The fraction of sp³-hybridized carbons (Fsp3) is 0.596. The van der Waals surface area contributed by atoms with Crippen LogP contribution in [-0.2, 0) is 28.6 Å². The zero-order valence-electron chi connectivity index (χ0n) is 40.3. The third-order valence-corrected chi connectivity index (χ3v) is 9.93. The fourth-order valence-electron chi connectivity index (χ4n) is 6.23. The molecule has 0 aromatic rings. The largest absolute Gasteiger partial charge is 0.462 e. The predicted molar refractivity (Wildman–Crippen MR) is 269 cm³/mol. The number of carbonyl (C=O) groups is 3. The molecule has 0 saturated carbocycles. The molecule has 0 aromatic heterocycles. The maximum atomic E-state index is 12.8. The van der Waals surface area contributed by atoms with Crippen LogP contribution in [-0.4, -0.2) is 37.2 Å². The Balaban J connectivity index is 4.57. The number of esters is 3. The Labute approximate surface area is 386 Å². The molecule has 6 nitrogen and oxygen atoms in total.